The van der Waals surface area contributed by atoms with Crippen molar-refractivity contribution in [2.45, 2.75) is 6.42 Å². The van der Waals surface area contributed by atoms with E-state index in [-0.39, 0.29) is 6.42 Å². The van der Waals surface area contributed by atoms with Gasteiger partial charge in [0.25, 0.3) is 0 Å². The maximum Gasteiger partial charge on any atom is 0.372 e. The summed E-state index contributed by atoms with van der Waals surface area (Å²) in [6, 6.07) is 0. The van der Waals surface area contributed by atoms with E-state index in [2.05, 4.69) is 12.6 Å². The fraction of sp³-hybridized carbons (Fsp3) is 0.167. The van der Waals surface area contributed by atoms with Gasteiger partial charge in [-0.15, -0.1) is 12.6 Å². The highest BCUT2D eigenvalue weighted by Gasteiger charge is 2.07. The van der Waals surface area contributed by atoms with Crippen molar-refractivity contribution < 1.29 is 19.5 Å². The molecule has 0 aliphatic heterocycles. The first kappa shape index (κ1) is 9.90. The third-order valence-corrected chi connectivity index (χ3v) is 0.951. The van der Waals surface area contributed by atoms with Gasteiger partial charge in [-0.1, -0.05) is 6.08 Å². The first-order valence-electron chi connectivity index (χ1n) is 2.69. The molecule has 0 aromatic heterocycles. The summed E-state index contributed by atoms with van der Waals surface area (Å²) in [7, 11) is 0. The average molecular weight is 174 g/mol. The molecule has 0 fully saturated rings. The van der Waals surface area contributed by atoms with Crippen molar-refractivity contribution in [3.05, 3.63) is 12.2 Å². The van der Waals surface area contributed by atoms with Gasteiger partial charge in [0.1, 0.15) is 0 Å². The lowest BCUT2D eigenvalue weighted by Gasteiger charge is -1.84. The molecule has 0 atom stereocenters. The predicted molar refractivity (Wildman–Crippen MR) is 40.4 cm³/mol. The number of hydrogen-bond donors (Lipinski definition) is 2. The second-order valence-electron chi connectivity index (χ2n) is 1.67. The maximum atomic E-state index is 10.3. The van der Waals surface area contributed by atoms with Crippen LogP contribution in [0.1, 0.15) is 6.42 Å². The van der Waals surface area contributed by atoms with E-state index in [0.717, 1.165) is 12.2 Å². The number of thiol groups is 1. The van der Waals surface area contributed by atoms with Crippen LogP contribution in [0.15, 0.2) is 12.2 Å². The number of carboxylic acid groups (broad SMARTS) is 1. The minimum absolute atomic E-state index is 0.276. The number of carboxylic acids is 1. The van der Waals surface area contributed by atoms with Crippen LogP contribution in [0.2, 0.25) is 0 Å². The molecule has 0 aromatic carbocycles. The lowest BCUT2D eigenvalue weighted by Crippen LogP contribution is -2.10. The summed E-state index contributed by atoms with van der Waals surface area (Å²) < 4.78 is 0. The highest BCUT2D eigenvalue weighted by Crippen LogP contribution is 1.88. The maximum absolute atomic E-state index is 10.3. The lowest BCUT2D eigenvalue weighted by atomic mass is 10.3. The van der Waals surface area contributed by atoms with Crippen molar-refractivity contribution in [2.75, 3.05) is 0 Å². The molecule has 0 radical (unpaired) electrons. The molecule has 0 bridgehead atoms. The summed E-state index contributed by atoms with van der Waals surface area (Å²) in [6.45, 7) is 0. The minimum atomic E-state index is -1.50. The van der Waals surface area contributed by atoms with Crippen LogP contribution in [0.4, 0.5) is 0 Å². The second-order valence-corrected chi connectivity index (χ2v) is 2.11. The number of aliphatic carboxylic acids is 1. The van der Waals surface area contributed by atoms with E-state index in [1.54, 1.807) is 0 Å². The smallest absolute Gasteiger partial charge is 0.372 e. The Balaban J connectivity index is 3.80. The first-order valence-corrected chi connectivity index (χ1v) is 3.14. The molecule has 0 unspecified atom stereocenters. The largest absolute Gasteiger partial charge is 0.475 e. The zero-order chi connectivity index (χ0) is 8.85. The Morgan fingerprint density at radius 3 is 2.27 bits per heavy atom. The van der Waals surface area contributed by atoms with Crippen molar-refractivity contribution in [3.8, 4) is 0 Å². The molecule has 1 N–H and O–H groups in total. The van der Waals surface area contributed by atoms with Crippen LogP contribution in [-0.4, -0.2) is 22.0 Å². The highest BCUT2D eigenvalue weighted by atomic mass is 32.1. The molecular weight excluding hydrogens is 168 g/mol. The van der Waals surface area contributed by atoms with Crippen LogP contribution in [0, 0.1) is 0 Å². The van der Waals surface area contributed by atoms with Crippen LogP contribution in [0.3, 0.4) is 0 Å². The third-order valence-electron chi connectivity index (χ3n) is 0.802. The number of allylic oxidation sites excluding steroid dienone is 1. The summed E-state index contributed by atoms with van der Waals surface area (Å²) in [5.41, 5.74) is 0. The molecule has 0 aliphatic carbocycles. The van der Waals surface area contributed by atoms with Crippen LogP contribution < -0.4 is 0 Å². The SMILES string of the molecule is O=C(S)/C=C/CC(=O)C(=O)O. The van der Waals surface area contributed by atoms with Gasteiger partial charge in [0.2, 0.25) is 10.9 Å². The van der Waals surface area contributed by atoms with Crippen LogP contribution in [0.25, 0.3) is 0 Å². The molecule has 0 spiro atoms. The third kappa shape index (κ3) is 5.35. The highest BCUT2D eigenvalue weighted by molar-refractivity contribution is 7.97. The van der Waals surface area contributed by atoms with Crippen LogP contribution >= 0.6 is 12.6 Å². The molecule has 60 valence electrons. The molecule has 11 heavy (non-hydrogen) atoms. The van der Waals surface area contributed by atoms with E-state index in [0.29, 0.717) is 0 Å². The number of hydrogen-bond acceptors (Lipinski definition) is 3. The standard InChI is InChI=1S/C6H6O4S/c7-4(6(9)10)2-1-3-5(8)11/h1,3H,2H2,(H,8,11)(H,9,10)/b3-1+. The monoisotopic (exact) mass is 174 g/mol. The summed E-state index contributed by atoms with van der Waals surface area (Å²) in [4.78, 5) is 30.3. The minimum Gasteiger partial charge on any atom is -0.475 e. The van der Waals surface area contributed by atoms with Gasteiger partial charge < -0.3 is 5.11 Å². The molecule has 0 aliphatic rings. The number of ketones is 1. The molecular formula is C6H6O4S. The van der Waals surface area contributed by atoms with Crippen molar-refractivity contribution in [1.82, 2.24) is 0 Å². The van der Waals surface area contributed by atoms with Gasteiger partial charge in [-0.2, -0.15) is 0 Å². The van der Waals surface area contributed by atoms with Crippen LogP contribution in [-0.2, 0) is 14.4 Å². The van der Waals surface area contributed by atoms with Gasteiger partial charge in [-0.25, -0.2) is 4.79 Å². The first-order chi connectivity index (χ1) is 5.04. The van der Waals surface area contributed by atoms with Crippen molar-refractivity contribution >= 4 is 29.5 Å². The molecule has 0 rings (SSSR count). The Kier molecular flexibility index (Phi) is 4.21. The second kappa shape index (κ2) is 4.68. The number of carbonyl (C=O) groups excluding carboxylic acids is 2. The Morgan fingerprint density at radius 2 is 1.91 bits per heavy atom. The van der Waals surface area contributed by atoms with Gasteiger partial charge in [0.15, 0.2) is 0 Å². The fourth-order valence-electron chi connectivity index (χ4n) is 0.354. The van der Waals surface area contributed by atoms with Gasteiger partial charge in [0, 0.05) is 6.42 Å². The van der Waals surface area contributed by atoms with Crippen molar-refractivity contribution in [2.24, 2.45) is 0 Å². The normalized spacial score (nSPS) is 9.91. The zero-order valence-electron chi connectivity index (χ0n) is 5.48. The number of carbonyl (C=O) groups is 3. The number of rotatable bonds is 4. The van der Waals surface area contributed by atoms with E-state index in [9.17, 15) is 14.4 Å². The molecule has 5 heteroatoms. The van der Waals surface area contributed by atoms with Crippen LogP contribution in [0.5, 0.6) is 0 Å². The molecule has 0 saturated carbocycles. The van der Waals surface area contributed by atoms with E-state index in [1.807, 2.05) is 0 Å². The summed E-state index contributed by atoms with van der Waals surface area (Å²) in [5.74, 6) is -2.45. The topological polar surface area (TPSA) is 71.4 Å². The van der Waals surface area contributed by atoms with E-state index >= 15 is 0 Å². The Morgan fingerprint density at radius 1 is 1.36 bits per heavy atom. The van der Waals surface area contributed by atoms with Gasteiger partial charge in [-0.3, -0.25) is 9.59 Å². The van der Waals surface area contributed by atoms with Gasteiger partial charge in [0.05, 0.1) is 0 Å². The average Bonchev–Trinajstić information content (AvgIpc) is 1.86. The Labute approximate surface area is 68.3 Å². The fourth-order valence-corrected chi connectivity index (χ4v) is 0.460. The molecule has 0 amide bonds. The molecule has 4 nitrogen and oxygen atoms in total. The zero-order valence-corrected chi connectivity index (χ0v) is 6.38. The molecule has 0 heterocycles. The van der Waals surface area contributed by atoms with Crippen molar-refractivity contribution in [1.29, 1.82) is 0 Å². The van der Waals surface area contributed by atoms with Gasteiger partial charge >= 0.3 is 5.97 Å². The number of Topliss-reactive ketones (excluding diaryl/α,β-unsaturated/α-hetero) is 1. The van der Waals surface area contributed by atoms with Crippen molar-refractivity contribution in [3.63, 3.8) is 0 Å². The van der Waals surface area contributed by atoms with E-state index in [1.165, 1.54) is 0 Å². The van der Waals surface area contributed by atoms with Gasteiger partial charge in [-0.05, 0) is 6.08 Å². The Hall–Kier alpha value is -1.10. The summed E-state index contributed by atoms with van der Waals surface area (Å²) in [5, 5.41) is 7.55. The van der Waals surface area contributed by atoms with E-state index in [4.69, 9.17) is 5.11 Å². The predicted octanol–water partition coefficient (Wildman–Crippen LogP) is 0.0428. The quantitative estimate of drug-likeness (QED) is 0.358. The van der Waals surface area contributed by atoms with E-state index < -0.39 is 16.9 Å². The summed E-state index contributed by atoms with van der Waals surface area (Å²) >= 11 is 3.37. The molecule has 0 aromatic rings. The molecule has 0 saturated heterocycles. The Bertz CT molecular complexity index is 219. The summed E-state index contributed by atoms with van der Waals surface area (Å²) in [6.07, 6.45) is 1.91. The lowest BCUT2D eigenvalue weighted by molar-refractivity contribution is -0.148.